The van der Waals surface area contributed by atoms with Crippen LogP contribution in [0.5, 0.6) is 0 Å². The summed E-state index contributed by atoms with van der Waals surface area (Å²) in [5, 5.41) is 11.6. The highest BCUT2D eigenvalue weighted by atomic mass is 127. The molecule has 0 aromatic heterocycles. The van der Waals surface area contributed by atoms with Crippen molar-refractivity contribution in [3.63, 3.8) is 0 Å². The minimum atomic E-state index is -1.21. The number of halogens is 3. The van der Waals surface area contributed by atoms with Crippen LogP contribution in [-0.4, -0.2) is 29.9 Å². The smallest absolute Gasteiger partial charge is 0.337 e. The van der Waals surface area contributed by atoms with Crippen molar-refractivity contribution in [2.75, 3.05) is 7.05 Å². The van der Waals surface area contributed by atoms with E-state index in [1.165, 1.54) is 7.05 Å². The Labute approximate surface area is 149 Å². The summed E-state index contributed by atoms with van der Waals surface area (Å²) >= 11 is 5.36. The van der Waals surface area contributed by atoms with Gasteiger partial charge in [0.1, 0.15) is 0 Å². The summed E-state index contributed by atoms with van der Waals surface area (Å²) in [4.78, 5) is 34.6. The molecule has 19 heavy (non-hydrogen) atoms. The lowest BCUT2D eigenvalue weighted by atomic mass is 10.0. The van der Waals surface area contributed by atoms with Gasteiger partial charge in [-0.05, 0) is 67.8 Å². The van der Waals surface area contributed by atoms with Crippen LogP contribution in [0.25, 0.3) is 0 Å². The molecule has 4 N–H and O–H groups in total. The molecule has 0 aliphatic heterocycles. The number of nitrogens with two attached hydrogens (primary N) is 1. The molecule has 0 radical (unpaired) electrons. The number of carboxylic acids is 1. The molecule has 0 aliphatic rings. The number of carbonyl (C=O) groups excluding carboxylic acids is 2. The second-order valence-corrected chi connectivity index (χ2v) is 6.55. The highest BCUT2D eigenvalue weighted by Crippen LogP contribution is 2.31. The van der Waals surface area contributed by atoms with Crippen molar-refractivity contribution >= 4 is 85.6 Å². The number of hydrogen-bond donors (Lipinski definition) is 3. The number of carboxylic acid groups (broad SMARTS) is 1. The minimum absolute atomic E-state index is 0.0533. The van der Waals surface area contributed by atoms with Gasteiger partial charge in [0.05, 0.1) is 16.7 Å². The monoisotopic (exact) mass is 600 g/mol. The van der Waals surface area contributed by atoms with Gasteiger partial charge in [-0.1, -0.05) is 0 Å². The number of hydrogen-bond acceptors (Lipinski definition) is 3. The van der Waals surface area contributed by atoms with Crippen molar-refractivity contribution in [3.8, 4) is 0 Å². The van der Waals surface area contributed by atoms with Crippen LogP contribution in [-0.2, 0) is 0 Å². The average Bonchev–Trinajstić information content (AvgIpc) is 2.26. The van der Waals surface area contributed by atoms with E-state index in [0.29, 0.717) is 3.57 Å². The first-order chi connectivity index (χ1) is 8.73. The molecule has 0 unspecified atom stereocenters. The Morgan fingerprint density at radius 2 is 1.42 bits per heavy atom. The first kappa shape index (κ1) is 16.9. The average molecular weight is 600 g/mol. The van der Waals surface area contributed by atoms with Crippen LogP contribution in [0, 0.1) is 10.7 Å². The van der Waals surface area contributed by atoms with Crippen molar-refractivity contribution in [2.45, 2.75) is 0 Å². The number of primary amides is 1. The van der Waals surface area contributed by atoms with Gasteiger partial charge >= 0.3 is 5.97 Å². The first-order valence-corrected chi connectivity index (χ1v) is 7.93. The molecule has 9 heteroatoms. The van der Waals surface area contributed by atoms with Crippen molar-refractivity contribution in [1.29, 1.82) is 0 Å². The zero-order valence-corrected chi connectivity index (χ0v) is 15.9. The van der Waals surface area contributed by atoms with Gasteiger partial charge in [0.25, 0.3) is 11.8 Å². The molecule has 0 saturated heterocycles. The Hall–Kier alpha value is -0.180. The van der Waals surface area contributed by atoms with E-state index in [0.717, 1.165) is 0 Å². The van der Waals surface area contributed by atoms with Gasteiger partial charge in [-0.3, -0.25) is 9.59 Å². The topological polar surface area (TPSA) is 109 Å². The molecule has 102 valence electrons. The molecule has 0 atom stereocenters. The number of aromatic carboxylic acids is 1. The Balaban J connectivity index is 3.90. The van der Waals surface area contributed by atoms with E-state index < -0.39 is 17.8 Å². The van der Waals surface area contributed by atoms with Gasteiger partial charge in [0.2, 0.25) is 0 Å². The molecule has 0 spiro atoms. The third kappa shape index (κ3) is 3.12. The summed E-state index contributed by atoms with van der Waals surface area (Å²) in [6.45, 7) is 0. The van der Waals surface area contributed by atoms with Gasteiger partial charge in [0.15, 0.2) is 0 Å². The SMILES string of the molecule is CNC(=O)c1c(I)c(C(N)=O)c(I)c(C(=O)O)c1I. The predicted octanol–water partition coefficient (Wildman–Crippen LogP) is 1.66. The number of carbonyl (C=O) groups is 3. The van der Waals surface area contributed by atoms with E-state index >= 15 is 0 Å². The van der Waals surface area contributed by atoms with Gasteiger partial charge in [-0.15, -0.1) is 0 Å². The normalized spacial score (nSPS) is 10.1. The van der Waals surface area contributed by atoms with Gasteiger partial charge < -0.3 is 16.2 Å². The summed E-state index contributed by atoms with van der Waals surface area (Å²) in [7, 11) is 1.43. The molecule has 0 fully saturated rings. The van der Waals surface area contributed by atoms with E-state index in [1.54, 1.807) is 45.2 Å². The molecule has 2 amide bonds. The Morgan fingerprint density at radius 1 is 1.00 bits per heavy atom. The van der Waals surface area contributed by atoms with Crippen molar-refractivity contribution in [3.05, 3.63) is 27.4 Å². The number of amides is 2. The molecule has 0 saturated carbocycles. The Bertz CT molecular complexity index is 560. The maximum atomic E-state index is 11.8. The summed E-state index contributed by atoms with van der Waals surface area (Å²) in [5.41, 5.74) is 5.38. The zero-order valence-electron chi connectivity index (χ0n) is 9.38. The van der Waals surface area contributed by atoms with E-state index in [2.05, 4.69) is 5.32 Å². The highest BCUT2D eigenvalue weighted by Gasteiger charge is 2.28. The Morgan fingerprint density at radius 3 is 1.79 bits per heavy atom. The van der Waals surface area contributed by atoms with Crippen molar-refractivity contribution in [2.24, 2.45) is 5.73 Å². The lowest BCUT2D eigenvalue weighted by Crippen LogP contribution is -2.26. The van der Waals surface area contributed by atoms with Crippen LogP contribution in [0.15, 0.2) is 0 Å². The fourth-order valence-corrected chi connectivity index (χ4v) is 6.04. The number of nitrogens with one attached hydrogen (secondary N) is 1. The van der Waals surface area contributed by atoms with E-state index in [1.807, 2.05) is 22.6 Å². The molecular weight excluding hydrogens is 593 g/mol. The van der Waals surface area contributed by atoms with Crippen molar-refractivity contribution in [1.82, 2.24) is 5.32 Å². The van der Waals surface area contributed by atoms with Crippen molar-refractivity contribution < 1.29 is 19.5 Å². The summed E-state index contributed by atoms with van der Waals surface area (Å²) in [5.74, 6) is -2.44. The lowest BCUT2D eigenvalue weighted by molar-refractivity contribution is 0.0694. The highest BCUT2D eigenvalue weighted by molar-refractivity contribution is 14.1. The predicted molar refractivity (Wildman–Crippen MR) is 93.5 cm³/mol. The third-order valence-electron chi connectivity index (χ3n) is 2.23. The molecule has 6 nitrogen and oxygen atoms in total. The third-order valence-corrected chi connectivity index (χ3v) is 5.47. The molecule has 1 aromatic carbocycles. The molecular formula is C10H7I3N2O4. The van der Waals surface area contributed by atoms with E-state index in [4.69, 9.17) is 5.73 Å². The molecule has 1 aromatic rings. The fraction of sp³-hybridized carbons (Fsp3) is 0.100. The number of benzene rings is 1. The Kier molecular flexibility index (Phi) is 5.78. The van der Waals surface area contributed by atoms with E-state index in [-0.39, 0.29) is 23.8 Å². The number of rotatable bonds is 3. The second-order valence-electron chi connectivity index (χ2n) is 3.32. The summed E-state index contributed by atoms with van der Waals surface area (Å²) in [6.07, 6.45) is 0. The van der Waals surface area contributed by atoms with Crippen LogP contribution < -0.4 is 11.1 Å². The summed E-state index contributed by atoms with van der Waals surface area (Å²) in [6, 6.07) is 0. The van der Waals surface area contributed by atoms with Gasteiger partial charge in [-0.2, -0.15) is 0 Å². The van der Waals surface area contributed by atoms with Crippen LogP contribution in [0.3, 0.4) is 0 Å². The maximum Gasteiger partial charge on any atom is 0.337 e. The maximum absolute atomic E-state index is 11.8. The zero-order chi connectivity index (χ0) is 14.9. The standard InChI is InChI=1S/C10H7I3N2O4/c1-15-9(17)3-5(11)2(8(14)16)6(12)4(7(3)13)10(18)19/h1H3,(H2,14,16)(H,15,17)(H,18,19). The molecule has 0 bridgehead atoms. The quantitative estimate of drug-likeness (QED) is 0.459. The van der Waals surface area contributed by atoms with Crippen LogP contribution >= 0.6 is 67.8 Å². The largest absolute Gasteiger partial charge is 0.478 e. The van der Waals surface area contributed by atoms with Crippen LogP contribution in [0.4, 0.5) is 0 Å². The summed E-state index contributed by atoms with van der Waals surface area (Å²) < 4.78 is 0.866. The fourth-order valence-electron chi connectivity index (χ4n) is 1.39. The second kappa shape index (κ2) is 6.51. The van der Waals surface area contributed by atoms with Crippen LogP contribution in [0.1, 0.15) is 31.1 Å². The van der Waals surface area contributed by atoms with Gasteiger partial charge in [0, 0.05) is 17.8 Å². The molecule has 0 heterocycles. The van der Waals surface area contributed by atoms with Gasteiger partial charge in [-0.25, -0.2) is 4.79 Å². The van der Waals surface area contributed by atoms with E-state index in [9.17, 15) is 19.5 Å². The molecule has 0 aliphatic carbocycles. The lowest BCUT2D eigenvalue weighted by Gasteiger charge is -2.14. The van der Waals surface area contributed by atoms with Crippen LogP contribution in [0.2, 0.25) is 0 Å². The minimum Gasteiger partial charge on any atom is -0.478 e. The molecule has 1 rings (SSSR count). The first-order valence-electron chi connectivity index (χ1n) is 4.69.